The number of hydrogen-bond donors (Lipinski definition) is 0. The van der Waals surface area contributed by atoms with Gasteiger partial charge in [-0.1, -0.05) is 71.6 Å². The molecule has 0 atom stereocenters. The van der Waals surface area contributed by atoms with Gasteiger partial charge in [0.15, 0.2) is 5.78 Å². The van der Waals surface area contributed by atoms with Crippen LogP contribution < -0.4 is 4.84 Å². The van der Waals surface area contributed by atoms with Crippen LogP contribution >= 0.6 is 0 Å². The van der Waals surface area contributed by atoms with Gasteiger partial charge in [-0.15, -0.1) is 5.10 Å². The molecule has 1 aliphatic rings. The maximum absolute atomic E-state index is 12.8. The van der Waals surface area contributed by atoms with E-state index in [1.807, 2.05) is 72.8 Å². The second kappa shape index (κ2) is 5.31. The first kappa shape index (κ1) is 14.0. The zero-order valence-electron chi connectivity index (χ0n) is 13.3. The normalized spacial score (nSPS) is 12.2. The average Bonchev–Trinajstić information content (AvgIpc) is 3.05. The molecule has 1 aliphatic carbocycles. The second-order valence-electron chi connectivity index (χ2n) is 6.05. The van der Waals surface area contributed by atoms with E-state index in [-0.39, 0.29) is 5.78 Å². The first-order valence-corrected chi connectivity index (χ1v) is 8.16. The summed E-state index contributed by atoms with van der Waals surface area (Å²) in [7, 11) is 0. The number of hydrogen-bond acceptors (Lipinski definition) is 3. The van der Waals surface area contributed by atoms with E-state index in [9.17, 15) is 4.79 Å². The number of rotatable bonds is 3. The number of benzene rings is 3. The number of fused-ring (bicyclic) bond motifs is 2. The molecule has 4 aromatic rings. The van der Waals surface area contributed by atoms with E-state index in [2.05, 4.69) is 5.10 Å². The zero-order chi connectivity index (χ0) is 16.8. The molecule has 0 radical (unpaired) electrons. The Morgan fingerprint density at radius 1 is 0.800 bits per heavy atom. The van der Waals surface area contributed by atoms with Crippen LogP contribution in [0.1, 0.15) is 21.5 Å². The quantitative estimate of drug-likeness (QED) is 0.505. The van der Waals surface area contributed by atoms with Gasteiger partial charge >= 0.3 is 0 Å². The van der Waals surface area contributed by atoms with Crippen LogP contribution in [0.4, 0.5) is 0 Å². The molecule has 0 amide bonds. The number of carbonyl (C=O) groups is 1. The molecule has 0 saturated heterocycles. The van der Waals surface area contributed by atoms with E-state index in [1.165, 1.54) is 4.85 Å². The minimum atomic E-state index is 0.0382. The predicted octanol–water partition coefficient (Wildman–Crippen LogP) is 3.88. The molecule has 0 unspecified atom stereocenters. The fourth-order valence-electron chi connectivity index (χ4n) is 3.36. The van der Waals surface area contributed by atoms with Gasteiger partial charge in [-0.2, -0.15) is 0 Å². The van der Waals surface area contributed by atoms with Crippen molar-refractivity contribution >= 4 is 16.7 Å². The minimum absolute atomic E-state index is 0.0382. The smallest absolute Gasteiger partial charge is 0.194 e. The summed E-state index contributed by atoms with van der Waals surface area (Å²) in [5.74, 6) is 0.0382. The Kier molecular flexibility index (Phi) is 2.97. The van der Waals surface area contributed by atoms with Gasteiger partial charge in [0.05, 0.1) is 0 Å². The Balaban J connectivity index is 1.66. The van der Waals surface area contributed by atoms with Gasteiger partial charge in [0, 0.05) is 22.1 Å². The van der Waals surface area contributed by atoms with E-state index in [0.717, 1.165) is 27.7 Å². The first-order chi connectivity index (χ1) is 12.3. The number of aromatic nitrogens is 2. The molecule has 0 saturated carbocycles. The highest BCUT2D eigenvalue weighted by Crippen LogP contribution is 2.38. The van der Waals surface area contributed by atoms with Crippen molar-refractivity contribution in [2.24, 2.45) is 0 Å². The summed E-state index contributed by atoms with van der Waals surface area (Å²) in [6.07, 6.45) is 0. The van der Waals surface area contributed by atoms with Gasteiger partial charge in [-0.3, -0.25) is 4.79 Å². The Hall–Kier alpha value is -3.40. The van der Waals surface area contributed by atoms with E-state index >= 15 is 0 Å². The third kappa shape index (κ3) is 2.08. The molecule has 1 heterocycles. The van der Waals surface area contributed by atoms with Crippen molar-refractivity contribution in [3.63, 3.8) is 0 Å². The summed E-state index contributed by atoms with van der Waals surface area (Å²) in [6.45, 7) is 0.414. The molecular weight excluding hydrogens is 312 g/mol. The lowest BCUT2D eigenvalue weighted by molar-refractivity contribution is 0.0800. The molecule has 4 heteroatoms. The summed E-state index contributed by atoms with van der Waals surface area (Å²) in [5.41, 5.74) is 4.91. The third-order valence-electron chi connectivity index (χ3n) is 4.54. The van der Waals surface area contributed by atoms with Crippen LogP contribution in [0.2, 0.25) is 0 Å². The SMILES string of the molecule is O=C1c2ccccc2-c2nn(OCc3ccccc3)c3cccc1c23. The molecule has 25 heavy (non-hydrogen) atoms. The standard InChI is InChI=1S/C21H14N2O2/c24-21-16-10-5-4-9-15(16)20-19-17(21)11-6-12-18(19)23(22-20)25-13-14-7-2-1-3-8-14/h1-12H,13H2. The highest BCUT2D eigenvalue weighted by Gasteiger charge is 2.28. The molecule has 0 bridgehead atoms. The van der Waals surface area contributed by atoms with Crippen molar-refractivity contribution in [2.45, 2.75) is 6.61 Å². The van der Waals surface area contributed by atoms with Gasteiger partial charge in [-0.25, -0.2) is 0 Å². The average molecular weight is 326 g/mol. The molecule has 0 fully saturated rings. The molecule has 3 aromatic carbocycles. The van der Waals surface area contributed by atoms with E-state index in [1.54, 1.807) is 0 Å². The van der Waals surface area contributed by atoms with Gasteiger partial charge in [0.2, 0.25) is 0 Å². The molecule has 0 N–H and O–H groups in total. The van der Waals surface area contributed by atoms with E-state index in [4.69, 9.17) is 4.84 Å². The lowest BCUT2D eigenvalue weighted by Gasteiger charge is -2.13. The zero-order valence-corrected chi connectivity index (χ0v) is 13.3. The Morgan fingerprint density at radius 3 is 2.36 bits per heavy atom. The topological polar surface area (TPSA) is 44.1 Å². The van der Waals surface area contributed by atoms with E-state index < -0.39 is 0 Å². The highest BCUT2D eigenvalue weighted by atomic mass is 16.7. The van der Waals surface area contributed by atoms with Crippen molar-refractivity contribution in [3.8, 4) is 11.3 Å². The summed E-state index contributed by atoms with van der Waals surface area (Å²) in [5, 5.41) is 5.51. The highest BCUT2D eigenvalue weighted by molar-refractivity contribution is 6.24. The fraction of sp³-hybridized carbons (Fsp3) is 0.0476. The molecule has 5 rings (SSSR count). The lowest BCUT2D eigenvalue weighted by Crippen LogP contribution is -2.12. The molecular formula is C21H14N2O2. The Labute approximate surface area is 144 Å². The van der Waals surface area contributed by atoms with E-state index in [0.29, 0.717) is 17.7 Å². The number of carbonyl (C=O) groups excluding carboxylic acids is 1. The lowest BCUT2D eigenvalue weighted by atomic mass is 9.87. The molecule has 4 nitrogen and oxygen atoms in total. The third-order valence-corrected chi connectivity index (χ3v) is 4.54. The van der Waals surface area contributed by atoms with Crippen LogP contribution in [0.5, 0.6) is 0 Å². The van der Waals surface area contributed by atoms with Crippen LogP contribution in [-0.2, 0) is 6.61 Å². The maximum Gasteiger partial charge on any atom is 0.194 e. The van der Waals surface area contributed by atoms with Gasteiger partial charge in [-0.05, 0) is 11.6 Å². The maximum atomic E-state index is 12.8. The molecule has 120 valence electrons. The van der Waals surface area contributed by atoms with Crippen molar-refractivity contribution in [1.82, 2.24) is 9.94 Å². The Morgan fingerprint density at radius 2 is 1.52 bits per heavy atom. The number of ketones is 1. The fourth-order valence-corrected chi connectivity index (χ4v) is 3.36. The Bertz CT molecular complexity index is 1110. The van der Waals surface area contributed by atoms with Crippen LogP contribution in [0.25, 0.3) is 22.2 Å². The van der Waals surface area contributed by atoms with Crippen LogP contribution in [0, 0.1) is 0 Å². The second-order valence-corrected chi connectivity index (χ2v) is 6.05. The summed E-state index contributed by atoms with van der Waals surface area (Å²) >= 11 is 0. The number of nitrogens with zero attached hydrogens (tertiary/aromatic N) is 2. The summed E-state index contributed by atoms with van der Waals surface area (Å²) < 4.78 is 0. The summed E-state index contributed by atoms with van der Waals surface area (Å²) in [4.78, 5) is 20.3. The molecule has 0 aliphatic heterocycles. The van der Waals surface area contributed by atoms with Crippen molar-refractivity contribution in [2.75, 3.05) is 0 Å². The van der Waals surface area contributed by atoms with Crippen molar-refractivity contribution in [1.29, 1.82) is 0 Å². The van der Waals surface area contributed by atoms with Gasteiger partial charge in [0.25, 0.3) is 0 Å². The van der Waals surface area contributed by atoms with Crippen LogP contribution in [-0.4, -0.2) is 15.7 Å². The van der Waals surface area contributed by atoms with Crippen molar-refractivity contribution < 1.29 is 9.63 Å². The molecule has 0 spiro atoms. The first-order valence-electron chi connectivity index (χ1n) is 8.16. The van der Waals surface area contributed by atoms with Crippen molar-refractivity contribution in [3.05, 3.63) is 89.5 Å². The largest absolute Gasteiger partial charge is 0.391 e. The van der Waals surface area contributed by atoms with Crippen LogP contribution in [0.3, 0.4) is 0 Å². The molecule has 1 aromatic heterocycles. The monoisotopic (exact) mass is 326 g/mol. The summed E-state index contributed by atoms with van der Waals surface area (Å²) in [6, 6.07) is 23.2. The van der Waals surface area contributed by atoms with Crippen LogP contribution in [0.15, 0.2) is 72.8 Å². The minimum Gasteiger partial charge on any atom is -0.391 e. The van der Waals surface area contributed by atoms with Gasteiger partial charge < -0.3 is 4.84 Å². The van der Waals surface area contributed by atoms with Gasteiger partial charge in [0.1, 0.15) is 17.8 Å². The predicted molar refractivity (Wildman–Crippen MR) is 95.3 cm³/mol.